The quantitative estimate of drug-likeness (QED) is 0.895. The van der Waals surface area contributed by atoms with Gasteiger partial charge in [-0.3, -0.25) is 0 Å². The molecule has 0 bridgehead atoms. The van der Waals surface area contributed by atoms with E-state index in [9.17, 15) is 9.90 Å². The number of carboxylic acids is 1. The highest BCUT2D eigenvalue weighted by molar-refractivity contribution is 6.42. The fraction of sp³-hybridized carbons (Fsp3) is 0.333. The molecular weight excluding hydrogens is 311 g/mol. The molecule has 1 heterocycles. The van der Waals surface area contributed by atoms with Gasteiger partial charge in [0.25, 0.3) is 0 Å². The number of benzene rings is 1. The van der Waals surface area contributed by atoms with Crippen LogP contribution in [0.1, 0.15) is 48.4 Å². The zero-order chi connectivity index (χ0) is 15.7. The van der Waals surface area contributed by atoms with Crippen molar-refractivity contribution >= 4 is 29.2 Å². The highest BCUT2D eigenvalue weighted by Crippen LogP contribution is 2.28. The molecule has 0 saturated heterocycles. The van der Waals surface area contributed by atoms with E-state index in [1.165, 1.54) is 0 Å². The van der Waals surface area contributed by atoms with Gasteiger partial charge in [-0.1, -0.05) is 44.0 Å². The van der Waals surface area contributed by atoms with Crippen molar-refractivity contribution < 1.29 is 9.90 Å². The van der Waals surface area contributed by atoms with E-state index in [1.807, 2.05) is 20.8 Å². The maximum atomic E-state index is 11.6. The van der Waals surface area contributed by atoms with Gasteiger partial charge in [0.05, 0.1) is 27.1 Å². The Morgan fingerprint density at radius 1 is 1.33 bits per heavy atom. The Balaban J connectivity index is 2.71. The van der Waals surface area contributed by atoms with Crippen molar-refractivity contribution in [3.8, 4) is 5.69 Å². The minimum Gasteiger partial charge on any atom is -0.478 e. The zero-order valence-corrected chi connectivity index (χ0v) is 13.5. The highest BCUT2D eigenvalue weighted by Gasteiger charge is 2.24. The number of aromatic carboxylic acids is 1. The lowest BCUT2D eigenvalue weighted by atomic mass is 10.0. The number of aromatic nitrogens is 2. The summed E-state index contributed by atoms with van der Waals surface area (Å²) >= 11 is 12.0. The van der Waals surface area contributed by atoms with Crippen LogP contribution in [0.15, 0.2) is 18.2 Å². The molecule has 0 unspecified atom stereocenters. The monoisotopic (exact) mass is 326 g/mol. The van der Waals surface area contributed by atoms with Gasteiger partial charge in [-0.05, 0) is 30.5 Å². The summed E-state index contributed by atoms with van der Waals surface area (Å²) in [5, 5.41) is 14.8. The van der Waals surface area contributed by atoms with E-state index in [0.29, 0.717) is 33.5 Å². The van der Waals surface area contributed by atoms with E-state index in [2.05, 4.69) is 5.10 Å². The number of rotatable bonds is 4. The molecule has 6 heteroatoms. The van der Waals surface area contributed by atoms with E-state index in [1.54, 1.807) is 22.9 Å². The predicted molar refractivity (Wildman–Crippen MR) is 84.0 cm³/mol. The maximum absolute atomic E-state index is 11.6. The molecule has 0 aliphatic rings. The Labute approximate surface area is 133 Å². The van der Waals surface area contributed by atoms with Gasteiger partial charge in [-0.15, -0.1) is 0 Å². The van der Waals surface area contributed by atoms with Crippen molar-refractivity contribution in [1.82, 2.24) is 9.78 Å². The van der Waals surface area contributed by atoms with Crippen LogP contribution >= 0.6 is 23.2 Å². The molecule has 1 N–H and O–H groups in total. The summed E-state index contributed by atoms with van der Waals surface area (Å²) in [6.07, 6.45) is 0.557. The number of halogens is 2. The molecule has 2 aromatic rings. The standard InChI is InChI=1S/C15H16Cl2N2O2/c1-4-12-13(15(20)21)14(8(2)3)18-19(12)9-5-6-10(16)11(17)7-9/h5-8H,4H2,1-3H3,(H,20,21). The molecule has 1 aromatic heterocycles. The third kappa shape index (κ3) is 2.92. The fourth-order valence-electron chi connectivity index (χ4n) is 2.27. The average molecular weight is 327 g/mol. The third-order valence-corrected chi connectivity index (χ3v) is 3.99. The van der Waals surface area contributed by atoms with Crippen LogP contribution in [-0.2, 0) is 6.42 Å². The highest BCUT2D eigenvalue weighted by atomic mass is 35.5. The van der Waals surface area contributed by atoms with E-state index in [0.717, 1.165) is 0 Å². The Morgan fingerprint density at radius 2 is 2.00 bits per heavy atom. The van der Waals surface area contributed by atoms with Gasteiger partial charge in [0, 0.05) is 0 Å². The molecule has 0 spiro atoms. The van der Waals surface area contributed by atoms with Gasteiger partial charge in [-0.2, -0.15) is 5.10 Å². The SMILES string of the molecule is CCc1c(C(=O)O)c(C(C)C)nn1-c1ccc(Cl)c(Cl)c1. The molecule has 0 radical (unpaired) electrons. The van der Waals surface area contributed by atoms with Gasteiger partial charge < -0.3 is 5.11 Å². The molecule has 0 aliphatic heterocycles. The summed E-state index contributed by atoms with van der Waals surface area (Å²) in [6.45, 7) is 5.75. The largest absolute Gasteiger partial charge is 0.478 e. The van der Waals surface area contributed by atoms with Gasteiger partial charge in [0.1, 0.15) is 5.56 Å². The molecule has 0 fully saturated rings. The minimum atomic E-state index is -0.957. The van der Waals surface area contributed by atoms with Crippen LogP contribution in [0.3, 0.4) is 0 Å². The molecule has 21 heavy (non-hydrogen) atoms. The second kappa shape index (κ2) is 6.08. The summed E-state index contributed by atoms with van der Waals surface area (Å²) in [7, 11) is 0. The van der Waals surface area contributed by atoms with Crippen LogP contribution in [-0.4, -0.2) is 20.9 Å². The van der Waals surface area contributed by atoms with E-state index in [4.69, 9.17) is 23.2 Å². The van der Waals surface area contributed by atoms with Crippen molar-refractivity contribution in [3.05, 3.63) is 45.2 Å². The van der Waals surface area contributed by atoms with Crippen molar-refractivity contribution in [2.24, 2.45) is 0 Å². The first-order valence-electron chi connectivity index (χ1n) is 6.67. The summed E-state index contributed by atoms with van der Waals surface area (Å²) in [5.74, 6) is -0.938. The van der Waals surface area contributed by atoms with E-state index in [-0.39, 0.29) is 11.5 Å². The lowest BCUT2D eigenvalue weighted by molar-refractivity contribution is 0.0694. The van der Waals surface area contributed by atoms with E-state index >= 15 is 0 Å². The zero-order valence-electron chi connectivity index (χ0n) is 12.0. The van der Waals surface area contributed by atoms with Crippen molar-refractivity contribution in [1.29, 1.82) is 0 Å². The van der Waals surface area contributed by atoms with Crippen LogP contribution < -0.4 is 0 Å². The molecular formula is C15H16Cl2N2O2. The van der Waals surface area contributed by atoms with Crippen molar-refractivity contribution in [3.63, 3.8) is 0 Å². The predicted octanol–water partition coefficient (Wildman–Crippen LogP) is 4.56. The third-order valence-electron chi connectivity index (χ3n) is 3.25. The number of hydrogen-bond acceptors (Lipinski definition) is 2. The van der Waals surface area contributed by atoms with Gasteiger partial charge >= 0.3 is 5.97 Å². The second-order valence-electron chi connectivity index (χ2n) is 5.03. The molecule has 112 valence electrons. The first-order valence-corrected chi connectivity index (χ1v) is 7.42. The van der Waals surface area contributed by atoms with Gasteiger partial charge in [-0.25, -0.2) is 9.48 Å². The smallest absolute Gasteiger partial charge is 0.339 e. The number of nitrogens with zero attached hydrogens (tertiary/aromatic N) is 2. The number of carbonyl (C=O) groups is 1. The van der Waals surface area contributed by atoms with Crippen LogP contribution in [0.5, 0.6) is 0 Å². The maximum Gasteiger partial charge on any atom is 0.339 e. The molecule has 0 aliphatic carbocycles. The fourth-order valence-corrected chi connectivity index (χ4v) is 2.56. The first kappa shape index (κ1) is 15.9. The van der Waals surface area contributed by atoms with Crippen LogP contribution in [0.4, 0.5) is 0 Å². The van der Waals surface area contributed by atoms with Gasteiger partial charge in [0.15, 0.2) is 0 Å². The van der Waals surface area contributed by atoms with Crippen molar-refractivity contribution in [2.45, 2.75) is 33.1 Å². The van der Waals surface area contributed by atoms with Crippen LogP contribution in [0.2, 0.25) is 10.0 Å². The first-order chi connectivity index (χ1) is 9.86. The molecule has 4 nitrogen and oxygen atoms in total. The Kier molecular flexibility index (Phi) is 4.59. The topological polar surface area (TPSA) is 55.1 Å². The van der Waals surface area contributed by atoms with E-state index < -0.39 is 5.97 Å². The Hall–Kier alpha value is -1.52. The van der Waals surface area contributed by atoms with Crippen molar-refractivity contribution in [2.75, 3.05) is 0 Å². The Morgan fingerprint density at radius 3 is 2.48 bits per heavy atom. The minimum absolute atomic E-state index is 0.0189. The number of carboxylic acid groups (broad SMARTS) is 1. The summed E-state index contributed by atoms with van der Waals surface area (Å²) in [4.78, 5) is 11.6. The normalized spacial score (nSPS) is 11.1. The lowest BCUT2D eigenvalue weighted by Gasteiger charge is -2.07. The lowest BCUT2D eigenvalue weighted by Crippen LogP contribution is -2.06. The van der Waals surface area contributed by atoms with Crippen LogP contribution in [0.25, 0.3) is 5.69 Å². The average Bonchev–Trinajstić information content (AvgIpc) is 2.81. The number of hydrogen-bond donors (Lipinski definition) is 1. The summed E-state index contributed by atoms with van der Waals surface area (Å²) in [5.41, 5.74) is 2.21. The molecule has 0 amide bonds. The summed E-state index contributed by atoms with van der Waals surface area (Å²) in [6, 6.07) is 5.14. The van der Waals surface area contributed by atoms with Crippen LogP contribution in [0, 0.1) is 0 Å². The molecule has 2 rings (SSSR count). The van der Waals surface area contributed by atoms with Gasteiger partial charge in [0.2, 0.25) is 0 Å². The molecule has 0 saturated carbocycles. The second-order valence-corrected chi connectivity index (χ2v) is 5.84. The summed E-state index contributed by atoms with van der Waals surface area (Å²) < 4.78 is 1.64. The molecule has 1 aromatic carbocycles. The Bertz CT molecular complexity index is 693. The molecule has 0 atom stereocenters.